The van der Waals surface area contributed by atoms with Gasteiger partial charge in [-0.3, -0.25) is 4.79 Å². The second kappa shape index (κ2) is 6.09. The largest absolute Gasteiger partial charge is 0.488 e. The van der Waals surface area contributed by atoms with Gasteiger partial charge >= 0.3 is 0 Å². The zero-order valence-corrected chi connectivity index (χ0v) is 11.3. The van der Waals surface area contributed by atoms with Crippen molar-refractivity contribution in [3.05, 3.63) is 29.6 Å². The number of benzene rings is 1. The van der Waals surface area contributed by atoms with Crippen molar-refractivity contribution >= 4 is 11.8 Å². The fraction of sp³-hybridized carbons (Fsp3) is 0.429. The minimum Gasteiger partial charge on any atom is -0.488 e. The average Bonchev–Trinajstić information content (AvgIpc) is 3.00. The van der Waals surface area contributed by atoms with Crippen LogP contribution in [0.15, 0.2) is 23.3 Å². The van der Waals surface area contributed by atoms with Crippen LogP contribution in [0, 0.1) is 5.82 Å². The summed E-state index contributed by atoms with van der Waals surface area (Å²) in [5, 5.41) is 3.73. The lowest BCUT2D eigenvalue weighted by molar-refractivity contribution is -0.124. The van der Waals surface area contributed by atoms with E-state index in [1.807, 2.05) is 0 Å². The smallest absolute Gasteiger partial charge is 0.278 e. The van der Waals surface area contributed by atoms with E-state index in [1.165, 1.54) is 12.1 Å². The predicted molar refractivity (Wildman–Crippen MR) is 71.5 cm³/mol. The summed E-state index contributed by atoms with van der Waals surface area (Å²) in [6.07, 6.45) is 1.98. The van der Waals surface area contributed by atoms with E-state index in [0.29, 0.717) is 12.2 Å². The first-order valence-electron chi connectivity index (χ1n) is 6.76. The van der Waals surface area contributed by atoms with Gasteiger partial charge in [-0.25, -0.2) is 9.82 Å². The van der Waals surface area contributed by atoms with Crippen LogP contribution < -0.4 is 10.2 Å². The molecule has 112 valence electrons. The maximum Gasteiger partial charge on any atom is 0.278 e. The standard InChI is InChI=1S/C14H15FN2O4/c15-11-6-9(14-17-16-13(18)8-21-14)3-4-12(11)20-7-10-2-1-5-19-10/h3-4,6,10H,1-2,5,7-8H2,(H,16,18). The minimum atomic E-state index is -0.506. The quantitative estimate of drug-likeness (QED) is 0.905. The Morgan fingerprint density at radius 3 is 3.05 bits per heavy atom. The molecule has 7 heteroatoms. The van der Waals surface area contributed by atoms with E-state index in [4.69, 9.17) is 14.2 Å². The lowest BCUT2D eigenvalue weighted by Crippen LogP contribution is -2.32. The molecule has 21 heavy (non-hydrogen) atoms. The van der Waals surface area contributed by atoms with Gasteiger partial charge < -0.3 is 14.2 Å². The van der Waals surface area contributed by atoms with E-state index in [2.05, 4.69) is 10.5 Å². The first kappa shape index (κ1) is 13.8. The van der Waals surface area contributed by atoms with Crippen molar-refractivity contribution in [3.63, 3.8) is 0 Å². The molecular formula is C14H15FN2O4. The Morgan fingerprint density at radius 2 is 2.38 bits per heavy atom. The Kier molecular flexibility index (Phi) is 4.01. The van der Waals surface area contributed by atoms with Gasteiger partial charge in [0.15, 0.2) is 18.2 Å². The van der Waals surface area contributed by atoms with E-state index < -0.39 is 5.82 Å². The number of nitrogens with one attached hydrogen (secondary N) is 1. The van der Waals surface area contributed by atoms with Crippen LogP contribution in [0.2, 0.25) is 0 Å². The third-order valence-corrected chi connectivity index (χ3v) is 3.25. The first-order chi connectivity index (χ1) is 10.2. The molecule has 0 aromatic heterocycles. The zero-order valence-electron chi connectivity index (χ0n) is 11.3. The molecule has 1 atom stereocenters. The van der Waals surface area contributed by atoms with Crippen LogP contribution in [0.25, 0.3) is 0 Å². The molecule has 6 nitrogen and oxygen atoms in total. The number of ether oxygens (including phenoxy) is 3. The van der Waals surface area contributed by atoms with Crippen molar-refractivity contribution in [1.29, 1.82) is 0 Å². The number of rotatable bonds is 4. The molecule has 2 heterocycles. The van der Waals surface area contributed by atoms with Gasteiger partial charge in [0.25, 0.3) is 5.91 Å². The monoisotopic (exact) mass is 294 g/mol. The highest BCUT2D eigenvalue weighted by molar-refractivity contribution is 5.98. The SMILES string of the molecule is O=C1COC(c2ccc(OCC3CCCO3)c(F)c2)=NN1. The summed E-state index contributed by atoms with van der Waals surface area (Å²) < 4.78 is 30.0. The molecule has 1 amide bonds. The summed E-state index contributed by atoms with van der Waals surface area (Å²) in [6.45, 7) is 0.944. The lowest BCUT2D eigenvalue weighted by Gasteiger charge is -2.15. The third-order valence-electron chi connectivity index (χ3n) is 3.25. The van der Waals surface area contributed by atoms with Crippen LogP contribution in [-0.4, -0.2) is 37.7 Å². The van der Waals surface area contributed by atoms with E-state index in [1.54, 1.807) is 6.07 Å². The maximum atomic E-state index is 14.0. The molecule has 1 fully saturated rings. The Labute approximate surface area is 120 Å². The molecule has 1 aromatic rings. The molecule has 1 unspecified atom stereocenters. The van der Waals surface area contributed by atoms with Gasteiger partial charge in [-0.05, 0) is 31.0 Å². The van der Waals surface area contributed by atoms with Crippen LogP contribution in [0.3, 0.4) is 0 Å². The van der Waals surface area contributed by atoms with E-state index in [0.717, 1.165) is 19.4 Å². The second-order valence-electron chi connectivity index (χ2n) is 4.83. The minimum absolute atomic E-state index is 0.0327. The maximum absolute atomic E-state index is 14.0. The molecule has 1 saturated heterocycles. The van der Waals surface area contributed by atoms with Gasteiger partial charge in [-0.15, -0.1) is 5.10 Å². The van der Waals surface area contributed by atoms with Crippen LogP contribution >= 0.6 is 0 Å². The van der Waals surface area contributed by atoms with E-state index in [9.17, 15) is 9.18 Å². The van der Waals surface area contributed by atoms with Crippen molar-refractivity contribution in [2.75, 3.05) is 19.8 Å². The van der Waals surface area contributed by atoms with Crippen LogP contribution in [0.5, 0.6) is 5.75 Å². The van der Waals surface area contributed by atoms with E-state index >= 15 is 0 Å². The van der Waals surface area contributed by atoms with Gasteiger partial charge in [-0.1, -0.05) is 0 Å². The number of carbonyl (C=O) groups is 1. The number of nitrogens with zero attached hydrogens (tertiary/aromatic N) is 1. The molecule has 0 aliphatic carbocycles. The average molecular weight is 294 g/mol. The summed E-state index contributed by atoms with van der Waals surface area (Å²) in [7, 11) is 0. The Hall–Kier alpha value is -2.15. The highest BCUT2D eigenvalue weighted by atomic mass is 19.1. The van der Waals surface area contributed by atoms with Crippen LogP contribution in [0.1, 0.15) is 18.4 Å². The molecule has 3 rings (SSSR count). The molecule has 0 saturated carbocycles. The summed E-state index contributed by atoms with van der Waals surface area (Å²) >= 11 is 0. The predicted octanol–water partition coefficient (Wildman–Crippen LogP) is 1.19. The van der Waals surface area contributed by atoms with Crippen molar-refractivity contribution in [1.82, 2.24) is 5.43 Å². The summed E-state index contributed by atoms with van der Waals surface area (Å²) in [4.78, 5) is 10.9. The molecular weight excluding hydrogens is 279 g/mol. The number of amides is 1. The number of hydrogen-bond acceptors (Lipinski definition) is 5. The molecule has 0 radical (unpaired) electrons. The van der Waals surface area contributed by atoms with Gasteiger partial charge in [0.2, 0.25) is 5.90 Å². The number of carbonyl (C=O) groups excluding carboxylic acids is 1. The highest BCUT2D eigenvalue weighted by Crippen LogP contribution is 2.21. The van der Waals surface area contributed by atoms with Crippen molar-refractivity contribution in [2.45, 2.75) is 18.9 Å². The van der Waals surface area contributed by atoms with Gasteiger partial charge in [0.1, 0.15) is 6.61 Å². The zero-order chi connectivity index (χ0) is 14.7. The second-order valence-corrected chi connectivity index (χ2v) is 4.83. The fourth-order valence-corrected chi connectivity index (χ4v) is 2.17. The fourth-order valence-electron chi connectivity index (χ4n) is 2.17. The normalized spacial score (nSPS) is 21.5. The Morgan fingerprint density at radius 1 is 1.48 bits per heavy atom. The van der Waals surface area contributed by atoms with Crippen molar-refractivity contribution < 1.29 is 23.4 Å². The highest BCUT2D eigenvalue weighted by Gasteiger charge is 2.19. The first-order valence-corrected chi connectivity index (χ1v) is 6.76. The number of hydrogen-bond donors (Lipinski definition) is 1. The Bertz CT molecular complexity index is 570. The van der Waals surface area contributed by atoms with Gasteiger partial charge in [-0.2, -0.15) is 0 Å². The molecule has 1 aromatic carbocycles. The molecule has 0 bridgehead atoms. The summed E-state index contributed by atoms with van der Waals surface area (Å²) in [5.74, 6) is -0.502. The summed E-state index contributed by atoms with van der Waals surface area (Å²) in [5.41, 5.74) is 2.72. The summed E-state index contributed by atoms with van der Waals surface area (Å²) in [6, 6.07) is 4.41. The van der Waals surface area contributed by atoms with Crippen molar-refractivity contribution in [2.24, 2.45) is 5.10 Å². The molecule has 1 N–H and O–H groups in total. The third kappa shape index (κ3) is 3.30. The van der Waals surface area contributed by atoms with Gasteiger partial charge in [0, 0.05) is 12.2 Å². The molecule has 2 aliphatic heterocycles. The number of halogens is 1. The van der Waals surface area contributed by atoms with Gasteiger partial charge in [0.05, 0.1) is 6.10 Å². The van der Waals surface area contributed by atoms with Crippen molar-refractivity contribution in [3.8, 4) is 5.75 Å². The Balaban J connectivity index is 1.66. The van der Waals surface area contributed by atoms with E-state index in [-0.39, 0.29) is 30.3 Å². The van der Waals surface area contributed by atoms with Crippen LogP contribution in [0.4, 0.5) is 4.39 Å². The molecule has 0 spiro atoms. The van der Waals surface area contributed by atoms with Crippen LogP contribution in [-0.2, 0) is 14.3 Å². The number of hydrazone groups is 1. The molecule has 2 aliphatic rings. The lowest BCUT2D eigenvalue weighted by atomic mass is 10.2. The topological polar surface area (TPSA) is 69.2 Å².